The predicted octanol–water partition coefficient (Wildman–Crippen LogP) is 2.68. The summed E-state index contributed by atoms with van der Waals surface area (Å²) in [6.45, 7) is 4.38. The molecule has 0 aliphatic carbocycles. The number of para-hydroxylation sites is 1. The van der Waals surface area contributed by atoms with E-state index in [1.165, 1.54) is 0 Å². The first kappa shape index (κ1) is 11.1. The highest BCUT2D eigenvalue weighted by molar-refractivity contribution is 5.19. The molecule has 14 heavy (non-hydrogen) atoms. The van der Waals surface area contributed by atoms with Gasteiger partial charge in [0.2, 0.25) is 0 Å². The summed E-state index contributed by atoms with van der Waals surface area (Å²) in [4.78, 5) is 0. The van der Waals surface area contributed by atoms with E-state index < -0.39 is 0 Å². The van der Waals surface area contributed by atoms with E-state index in [1.54, 1.807) is 0 Å². The van der Waals surface area contributed by atoms with Crippen LogP contribution in [0.1, 0.15) is 19.8 Å². The number of ether oxygens (including phenoxy) is 2. The lowest BCUT2D eigenvalue weighted by Crippen LogP contribution is -2.00. The summed E-state index contributed by atoms with van der Waals surface area (Å²) in [5.74, 6) is 0.823. The van der Waals surface area contributed by atoms with Crippen LogP contribution in [-0.2, 0) is 4.74 Å². The lowest BCUT2D eigenvalue weighted by atomic mass is 10.3. The normalized spacial score (nSPS) is 10.1. The zero-order valence-electron chi connectivity index (χ0n) is 8.66. The molecular weight excluding hydrogens is 176 g/mol. The highest BCUT2D eigenvalue weighted by Gasteiger charge is 1.92. The third-order valence-corrected chi connectivity index (χ3v) is 1.83. The van der Waals surface area contributed by atoms with Gasteiger partial charge in [-0.25, -0.2) is 0 Å². The molecule has 2 heteroatoms. The SMILES string of the molecule is CCOCCCCOc1[c]cccc1. The van der Waals surface area contributed by atoms with Gasteiger partial charge in [0.25, 0.3) is 0 Å². The Kier molecular flexibility index (Phi) is 5.84. The molecule has 0 atom stereocenters. The van der Waals surface area contributed by atoms with E-state index in [1.807, 2.05) is 31.2 Å². The van der Waals surface area contributed by atoms with E-state index in [2.05, 4.69) is 6.07 Å². The number of hydrogen-bond acceptors (Lipinski definition) is 2. The summed E-state index contributed by atoms with van der Waals surface area (Å²) in [6.07, 6.45) is 2.09. The molecule has 0 aromatic heterocycles. The van der Waals surface area contributed by atoms with Gasteiger partial charge in [-0.05, 0) is 25.8 Å². The first-order valence-electron chi connectivity index (χ1n) is 5.10. The number of hydrogen-bond donors (Lipinski definition) is 0. The van der Waals surface area contributed by atoms with Crippen LogP contribution in [0.25, 0.3) is 0 Å². The largest absolute Gasteiger partial charge is 0.493 e. The number of benzene rings is 1. The molecule has 0 amide bonds. The molecule has 2 nitrogen and oxygen atoms in total. The Morgan fingerprint density at radius 2 is 2.07 bits per heavy atom. The summed E-state index contributed by atoms with van der Waals surface area (Å²) in [5, 5.41) is 0. The van der Waals surface area contributed by atoms with Crippen LogP contribution in [0.2, 0.25) is 0 Å². The van der Waals surface area contributed by atoms with Crippen LogP contribution in [0.5, 0.6) is 5.75 Å². The minimum absolute atomic E-state index is 0.744. The van der Waals surface area contributed by atoms with Gasteiger partial charge in [0, 0.05) is 19.3 Å². The molecule has 0 N–H and O–H groups in total. The van der Waals surface area contributed by atoms with Gasteiger partial charge in [-0.1, -0.05) is 18.2 Å². The summed E-state index contributed by atoms with van der Waals surface area (Å²) in [6, 6.07) is 10.7. The predicted molar refractivity (Wildman–Crippen MR) is 56.5 cm³/mol. The average molecular weight is 193 g/mol. The summed E-state index contributed by atoms with van der Waals surface area (Å²) in [7, 11) is 0. The Hall–Kier alpha value is -1.02. The smallest absolute Gasteiger partial charge is 0.127 e. The van der Waals surface area contributed by atoms with Crippen molar-refractivity contribution in [2.24, 2.45) is 0 Å². The van der Waals surface area contributed by atoms with Crippen molar-refractivity contribution in [2.45, 2.75) is 19.8 Å². The van der Waals surface area contributed by atoms with Gasteiger partial charge >= 0.3 is 0 Å². The fraction of sp³-hybridized carbons (Fsp3) is 0.500. The maximum absolute atomic E-state index is 5.48. The van der Waals surface area contributed by atoms with Gasteiger partial charge in [-0.2, -0.15) is 0 Å². The van der Waals surface area contributed by atoms with Gasteiger partial charge in [0.15, 0.2) is 0 Å². The van der Waals surface area contributed by atoms with E-state index in [4.69, 9.17) is 9.47 Å². The molecular formula is C12H17O2. The fourth-order valence-electron chi connectivity index (χ4n) is 1.10. The van der Waals surface area contributed by atoms with E-state index in [-0.39, 0.29) is 0 Å². The fourth-order valence-corrected chi connectivity index (χ4v) is 1.10. The highest BCUT2D eigenvalue weighted by Crippen LogP contribution is 2.07. The average Bonchev–Trinajstić information content (AvgIpc) is 2.25. The van der Waals surface area contributed by atoms with Crippen molar-refractivity contribution in [2.75, 3.05) is 19.8 Å². The second-order valence-corrected chi connectivity index (χ2v) is 2.98. The van der Waals surface area contributed by atoms with Crippen molar-refractivity contribution in [3.8, 4) is 5.75 Å². The molecule has 77 valence electrons. The van der Waals surface area contributed by atoms with E-state index in [9.17, 15) is 0 Å². The Labute approximate surface area is 85.8 Å². The number of unbranched alkanes of at least 4 members (excludes halogenated alkanes) is 1. The van der Waals surface area contributed by atoms with Crippen molar-refractivity contribution in [1.29, 1.82) is 0 Å². The van der Waals surface area contributed by atoms with Crippen LogP contribution in [0.4, 0.5) is 0 Å². The standard InChI is InChI=1S/C12H17O2/c1-2-13-10-6-7-11-14-12-8-4-3-5-9-12/h3-5,8H,2,6-7,10-11H2,1H3. The second kappa shape index (κ2) is 7.39. The van der Waals surface area contributed by atoms with Gasteiger partial charge < -0.3 is 9.47 Å². The summed E-state index contributed by atoms with van der Waals surface area (Å²) >= 11 is 0. The molecule has 0 saturated carbocycles. The Morgan fingerprint density at radius 3 is 2.79 bits per heavy atom. The lowest BCUT2D eigenvalue weighted by Gasteiger charge is -2.05. The third kappa shape index (κ3) is 4.87. The van der Waals surface area contributed by atoms with Crippen molar-refractivity contribution in [1.82, 2.24) is 0 Å². The van der Waals surface area contributed by atoms with Crippen molar-refractivity contribution < 1.29 is 9.47 Å². The molecule has 0 unspecified atom stereocenters. The van der Waals surface area contributed by atoms with Crippen LogP contribution in [0.3, 0.4) is 0 Å². The molecule has 1 aromatic carbocycles. The van der Waals surface area contributed by atoms with Crippen LogP contribution >= 0.6 is 0 Å². The summed E-state index contributed by atoms with van der Waals surface area (Å²) < 4.78 is 10.7. The van der Waals surface area contributed by atoms with E-state index in [0.717, 1.165) is 38.4 Å². The molecule has 0 aliphatic rings. The maximum atomic E-state index is 5.48. The minimum atomic E-state index is 0.744. The topological polar surface area (TPSA) is 18.5 Å². The van der Waals surface area contributed by atoms with Crippen LogP contribution in [0.15, 0.2) is 24.3 Å². The zero-order chi connectivity index (χ0) is 10.1. The Balaban J connectivity index is 1.99. The molecule has 1 rings (SSSR count). The van der Waals surface area contributed by atoms with Crippen LogP contribution in [-0.4, -0.2) is 19.8 Å². The molecule has 0 spiro atoms. The first-order chi connectivity index (χ1) is 6.93. The Morgan fingerprint density at radius 1 is 1.21 bits per heavy atom. The van der Waals surface area contributed by atoms with Gasteiger partial charge in [-0.3, -0.25) is 0 Å². The minimum Gasteiger partial charge on any atom is -0.493 e. The lowest BCUT2D eigenvalue weighted by molar-refractivity contribution is 0.138. The molecule has 0 saturated heterocycles. The van der Waals surface area contributed by atoms with Crippen LogP contribution < -0.4 is 4.74 Å². The van der Waals surface area contributed by atoms with Gasteiger partial charge in [0.1, 0.15) is 5.75 Å². The van der Waals surface area contributed by atoms with Crippen molar-refractivity contribution in [3.63, 3.8) is 0 Å². The van der Waals surface area contributed by atoms with Crippen molar-refractivity contribution >= 4 is 0 Å². The number of rotatable bonds is 7. The third-order valence-electron chi connectivity index (χ3n) is 1.83. The molecule has 0 heterocycles. The van der Waals surface area contributed by atoms with Gasteiger partial charge in [-0.15, -0.1) is 0 Å². The zero-order valence-corrected chi connectivity index (χ0v) is 8.66. The molecule has 0 aliphatic heterocycles. The molecule has 0 fully saturated rings. The quantitative estimate of drug-likeness (QED) is 0.620. The first-order valence-corrected chi connectivity index (χ1v) is 5.10. The molecule has 1 radical (unpaired) electrons. The van der Waals surface area contributed by atoms with E-state index >= 15 is 0 Å². The Bertz CT molecular complexity index is 221. The highest BCUT2D eigenvalue weighted by atomic mass is 16.5. The molecule has 0 bridgehead atoms. The maximum Gasteiger partial charge on any atom is 0.127 e. The van der Waals surface area contributed by atoms with E-state index in [0.29, 0.717) is 0 Å². The van der Waals surface area contributed by atoms with Crippen LogP contribution in [0, 0.1) is 6.07 Å². The summed E-state index contributed by atoms with van der Waals surface area (Å²) in [5.41, 5.74) is 0. The van der Waals surface area contributed by atoms with Gasteiger partial charge in [0.05, 0.1) is 6.61 Å². The monoisotopic (exact) mass is 193 g/mol. The second-order valence-electron chi connectivity index (χ2n) is 2.98. The van der Waals surface area contributed by atoms with Crippen molar-refractivity contribution in [3.05, 3.63) is 30.3 Å². The molecule has 1 aromatic rings.